The van der Waals surface area contributed by atoms with Crippen LogP contribution in [0.5, 0.6) is 0 Å². The van der Waals surface area contributed by atoms with Gasteiger partial charge in [0, 0.05) is 12.5 Å². The number of hydrogen-bond acceptors (Lipinski definition) is 2. The predicted molar refractivity (Wildman–Crippen MR) is 72.8 cm³/mol. The van der Waals surface area contributed by atoms with Crippen molar-refractivity contribution >= 4 is 11.9 Å². The van der Waals surface area contributed by atoms with Gasteiger partial charge in [-0.15, -0.1) is 0 Å². The van der Waals surface area contributed by atoms with Crippen LogP contribution in [0.1, 0.15) is 19.4 Å². The minimum Gasteiger partial charge on any atom is -0.309 e. The number of nitrogens with zero attached hydrogens (tertiary/aromatic N) is 1. The molecule has 18 heavy (non-hydrogen) atoms. The quantitative estimate of drug-likeness (QED) is 0.748. The van der Waals surface area contributed by atoms with Gasteiger partial charge in [0.1, 0.15) is 5.82 Å². The van der Waals surface area contributed by atoms with Crippen molar-refractivity contribution in [1.82, 2.24) is 4.90 Å². The topological polar surface area (TPSA) is 20.3 Å². The molecule has 0 bridgehead atoms. The van der Waals surface area contributed by atoms with Crippen molar-refractivity contribution in [2.75, 3.05) is 20.6 Å². The molecule has 0 N–H and O–H groups in total. The van der Waals surface area contributed by atoms with E-state index in [2.05, 4.69) is 0 Å². The molecule has 0 radical (unpaired) electrons. The molecule has 2 nitrogen and oxygen atoms in total. The maximum Gasteiger partial charge on any atom is 0.162 e. The van der Waals surface area contributed by atoms with Gasteiger partial charge >= 0.3 is 0 Å². The molecule has 0 aliphatic heterocycles. The molecule has 0 aromatic heterocycles. The zero-order valence-corrected chi connectivity index (χ0v) is 11.4. The maximum atomic E-state index is 12.8. The van der Waals surface area contributed by atoms with E-state index in [1.807, 2.05) is 25.9 Å². The summed E-state index contributed by atoms with van der Waals surface area (Å²) < 4.78 is 12.8. The second kappa shape index (κ2) is 6.45. The number of Topliss-reactive ketones (excluding diaryl/α,β-unsaturated/α-hetero) is 1. The zero-order chi connectivity index (χ0) is 13.7. The van der Waals surface area contributed by atoms with Gasteiger partial charge < -0.3 is 4.90 Å². The van der Waals surface area contributed by atoms with Crippen LogP contribution < -0.4 is 0 Å². The van der Waals surface area contributed by atoms with Gasteiger partial charge in [-0.3, -0.25) is 4.79 Å². The molecule has 0 saturated carbocycles. The number of halogens is 1. The first kappa shape index (κ1) is 14.6. The number of carbonyl (C=O) groups is 1. The Labute approximate surface area is 108 Å². The number of benzene rings is 1. The maximum absolute atomic E-state index is 12.8. The summed E-state index contributed by atoms with van der Waals surface area (Å²) in [5.41, 5.74) is 1.55. The van der Waals surface area contributed by atoms with Gasteiger partial charge in [-0.2, -0.15) is 0 Å². The monoisotopic (exact) mass is 249 g/mol. The van der Waals surface area contributed by atoms with E-state index in [9.17, 15) is 9.18 Å². The van der Waals surface area contributed by atoms with Crippen LogP contribution >= 0.6 is 0 Å². The molecule has 1 aromatic carbocycles. The first-order valence-electron chi connectivity index (χ1n) is 6.03. The highest BCUT2D eigenvalue weighted by Crippen LogP contribution is 2.12. The third-order valence-electron chi connectivity index (χ3n) is 2.73. The minimum absolute atomic E-state index is 0.0308. The molecule has 0 aliphatic rings. The third-order valence-corrected chi connectivity index (χ3v) is 2.73. The first-order valence-corrected chi connectivity index (χ1v) is 6.03. The van der Waals surface area contributed by atoms with Crippen LogP contribution in [0, 0.1) is 11.7 Å². The molecule has 1 rings (SSSR count). The van der Waals surface area contributed by atoms with Crippen LogP contribution in [0.4, 0.5) is 4.39 Å². The average Bonchev–Trinajstić information content (AvgIpc) is 2.30. The Hall–Kier alpha value is -1.48. The fourth-order valence-corrected chi connectivity index (χ4v) is 1.90. The van der Waals surface area contributed by atoms with E-state index < -0.39 is 0 Å². The van der Waals surface area contributed by atoms with Crippen molar-refractivity contribution in [3.63, 3.8) is 0 Å². The number of ketones is 1. The molecule has 0 heterocycles. The van der Waals surface area contributed by atoms with E-state index in [1.54, 1.807) is 25.1 Å². The largest absolute Gasteiger partial charge is 0.309 e. The van der Waals surface area contributed by atoms with Gasteiger partial charge in [0.25, 0.3) is 0 Å². The third kappa shape index (κ3) is 4.41. The molecule has 0 fully saturated rings. The molecule has 0 amide bonds. The number of carbonyl (C=O) groups excluding carboxylic acids is 1. The number of rotatable bonds is 5. The van der Waals surface area contributed by atoms with Gasteiger partial charge in [-0.1, -0.05) is 19.1 Å². The lowest BCUT2D eigenvalue weighted by Crippen LogP contribution is -2.26. The fourth-order valence-electron chi connectivity index (χ4n) is 1.90. The lowest BCUT2D eigenvalue weighted by atomic mass is 9.98. The Bertz CT molecular complexity index is 434. The molecule has 1 unspecified atom stereocenters. The zero-order valence-electron chi connectivity index (χ0n) is 11.4. The van der Waals surface area contributed by atoms with Gasteiger partial charge in [-0.05, 0) is 50.4 Å². The lowest BCUT2D eigenvalue weighted by Gasteiger charge is -2.16. The molecule has 0 spiro atoms. The molecule has 1 atom stereocenters. The SMILES string of the molecule is CC(=Cc1ccc(F)cc1)C(=O)C(C)CN(C)C. The number of allylic oxidation sites excluding steroid dienone is 1. The van der Waals surface area contributed by atoms with Crippen molar-refractivity contribution in [2.45, 2.75) is 13.8 Å². The van der Waals surface area contributed by atoms with Crippen LogP contribution in [-0.4, -0.2) is 31.3 Å². The summed E-state index contributed by atoms with van der Waals surface area (Å²) in [5.74, 6) is -0.165. The molecule has 0 aliphatic carbocycles. The van der Waals surface area contributed by atoms with Crippen LogP contribution in [0.3, 0.4) is 0 Å². The highest BCUT2D eigenvalue weighted by atomic mass is 19.1. The van der Waals surface area contributed by atoms with Crippen LogP contribution in [0.15, 0.2) is 29.8 Å². The van der Waals surface area contributed by atoms with E-state index in [0.717, 1.165) is 12.1 Å². The Kier molecular flexibility index (Phi) is 5.23. The van der Waals surface area contributed by atoms with E-state index in [0.29, 0.717) is 5.57 Å². The number of hydrogen-bond donors (Lipinski definition) is 0. The summed E-state index contributed by atoms with van der Waals surface area (Å²) >= 11 is 0. The molecular formula is C15H20FNO. The molecule has 1 aromatic rings. The lowest BCUT2D eigenvalue weighted by molar-refractivity contribution is -0.119. The van der Waals surface area contributed by atoms with Crippen LogP contribution in [0.2, 0.25) is 0 Å². The van der Waals surface area contributed by atoms with Crippen molar-refractivity contribution in [3.8, 4) is 0 Å². The highest BCUT2D eigenvalue weighted by molar-refractivity contribution is 6.00. The Morgan fingerprint density at radius 1 is 1.33 bits per heavy atom. The van der Waals surface area contributed by atoms with Crippen molar-refractivity contribution in [3.05, 3.63) is 41.2 Å². The normalized spacial score (nSPS) is 13.8. The molecule has 98 valence electrons. The van der Waals surface area contributed by atoms with Crippen molar-refractivity contribution in [2.24, 2.45) is 5.92 Å². The predicted octanol–water partition coefficient (Wildman–Crippen LogP) is 3.00. The van der Waals surface area contributed by atoms with Gasteiger partial charge in [0.05, 0.1) is 0 Å². The summed E-state index contributed by atoms with van der Waals surface area (Å²) in [4.78, 5) is 14.1. The van der Waals surface area contributed by atoms with Gasteiger partial charge in [0.2, 0.25) is 0 Å². The van der Waals surface area contributed by atoms with Gasteiger partial charge in [-0.25, -0.2) is 4.39 Å². The van der Waals surface area contributed by atoms with Crippen molar-refractivity contribution < 1.29 is 9.18 Å². The van der Waals surface area contributed by atoms with E-state index in [4.69, 9.17) is 0 Å². The smallest absolute Gasteiger partial charge is 0.162 e. The Morgan fingerprint density at radius 2 is 1.89 bits per heavy atom. The second-order valence-corrected chi connectivity index (χ2v) is 4.91. The molecule has 0 saturated heterocycles. The second-order valence-electron chi connectivity index (χ2n) is 4.91. The molecule has 3 heteroatoms. The molecular weight excluding hydrogens is 229 g/mol. The summed E-state index contributed by atoms with van der Waals surface area (Å²) in [6.07, 6.45) is 1.80. The summed E-state index contributed by atoms with van der Waals surface area (Å²) in [6.45, 7) is 4.45. The first-order chi connectivity index (χ1) is 8.40. The summed E-state index contributed by atoms with van der Waals surface area (Å²) in [5, 5.41) is 0. The minimum atomic E-state index is -0.267. The average molecular weight is 249 g/mol. The van der Waals surface area contributed by atoms with Crippen LogP contribution in [-0.2, 0) is 4.79 Å². The Morgan fingerprint density at radius 3 is 2.39 bits per heavy atom. The highest BCUT2D eigenvalue weighted by Gasteiger charge is 2.15. The van der Waals surface area contributed by atoms with Crippen molar-refractivity contribution in [1.29, 1.82) is 0 Å². The summed E-state index contributed by atoms with van der Waals surface area (Å²) in [6, 6.07) is 6.13. The van der Waals surface area contributed by atoms with Gasteiger partial charge in [0.15, 0.2) is 5.78 Å². The standard InChI is InChI=1S/C15H20FNO/c1-11(15(18)12(2)10-17(3)4)9-13-5-7-14(16)8-6-13/h5-9,12H,10H2,1-4H3. The fraction of sp³-hybridized carbons (Fsp3) is 0.400. The summed E-state index contributed by atoms with van der Waals surface area (Å²) in [7, 11) is 3.89. The van der Waals surface area contributed by atoms with E-state index in [-0.39, 0.29) is 17.5 Å². The Balaban J connectivity index is 2.76. The van der Waals surface area contributed by atoms with E-state index >= 15 is 0 Å². The van der Waals surface area contributed by atoms with Crippen LogP contribution in [0.25, 0.3) is 6.08 Å². The van der Waals surface area contributed by atoms with E-state index in [1.165, 1.54) is 12.1 Å².